The second-order valence-electron chi connectivity index (χ2n) is 3.61. The third-order valence-corrected chi connectivity index (χ3v) is 2.77. The number of carbonyl (C=O) groups is 1. The van der Waals surface area contributed by atoms with Gasteiger partial charge in [0.2, 0.25) is 0 Å². The Kier molecular flexibility index (Phi) is 2.19. The molecule has 0 radical (unpaired) electrons. The van der Waals surface area contributed by atoms with Crippen LogP contribution >= 0.6 is 0 Å². The summed E-state index contributed by atoms with van der Waals surface area (Å²) in [5.41, 5.74) is 0. The van der Waals surface area contributed by atoms with Crippen LogP contribution in [0, 0.1) is 0 Å². The predicted molar refractivity (Wildman–Crippen MR) is 41.6 cm³/mol. The van der Waals surface area contributed by atoms with E-state index in [2.05, 4.69) is 4.74 Å². The summed E-state index contributed by atoms with van der Waals surface area (Å²) in [4.78, 5) is 12.3. The van der Waals surface area contributed by atoms with E-state index in [0.29, 0.717) is 12.8 Å². The fourth-order valence-corrected chi connectivity index (χ4v) is 2.05. The number of carbonyl (C=O) groups excluding carboxylic acids is 1. The average molecular weight is 207 g/mol. The van der Waals surface area contributed by atoms with Gasteiger partial charge in [-0.3, -0.25) is 4.79 Å². The van der Waals surface area contributed by atoms with Crippen LogP contribution in [-0.2, 0) is 9.53 Å². The number of hydrogen-bond acceptors (Lipinski definition) is 3. The molecule has 0 bridgehead atoms. The number of rotatable bonds is 1. The van der Waals surface area contributed by atoms with E-state index in [-0.39, 0.29) is 19.3 Å². The van der Waals surface area contributed by atoms with Crippen molar-refractivity contribution in [3.05, 3.63) is 0 Å². The molecule has 0 unspecified atom stereocenters. The summed E-state index contributed by atoms with van der Waals surface area (Å²) in [6.45, 7) is -0.409. The topological polar surface area (TPSA) is 49.8 Å². The van der Waals surface area contributed by atoms with Crippen LogP contribution in [0.5, 0.6) is 0 Å². The van der Waals surface area contributed by atoms with Crippen LogP contribution in [-0.4, -0.2) is 47.3 Å². The minimum atomic E-state index is -3.71. The molecule has 0 aromatic rings. The maximum Gasteiger partial charge on any atom is 0.436 e. The highest BCUT2D eigenvalue weighted by atomic mass is 19.3. The van der Waals surface area contributed by atoms with Gasteiger partial charge in [0, 0.05) is 0 Å². The van der Waals surface area contributed by atoms with Crippen LogP contribution in [0.4, 0.5) is 8.78 Å². The average Bonchev–Trinajstić information content (AvgIpc) is 2.55. The highest BCUT2D eigenvalue weighted by Gasteiger charge is 2.54. The van der Waals surface area contributed by atoms with Gasteiger partial charge in [0.05, 0.1) is 25.3 Å². The third-order valence-electron chi connectivity index (χ3n) is 2.77. The van der Waals surface area contributed by atoms with Gasteiger partial charge >= 0.3 is 12.0 Å². The van der Waals surface area contributed by atoms with Crippen molar-refractivity contribution in [3.63, 3.8) is 0 Å². The summed E-state index contributed by atoms with van der Waals surface area (Å²) < 4.78 is 29.9. The Bertz CT molecular complexity index is 253. The number of hydrogen-bond donors (Lipinski definition) is 1. The van der Waals surface area contributed by atoms with Gasteiger partial charge < -0.3 is 14.7 Å². The lowest BCUT2D eigenvalue weighted by Gasteiger charge is -2.36. The van der Waals surface area contributed by atoms with Crippen molar-refractivity contribution < 1.29 is 23.4 Å². The van der Waals surface area contributed by atoms with Crippen molar-refractivity contribution in [2.75, 3.05) is 13.2 Å². The first-order valence-corrected chi connectivity index (χ1v) is 4.51. The van der Waals surface area contributed by atoms with Gasteiger partial charge in [0.1, 0.15) is 0 Å². The minimum Gasteiger partial charge on any atom is -0.394 e. The van der Waals surface area contributed by atoms with Gasteiger partial charge in [-0.25, -0.2) is 0 Å². The Morgan fingerprint density at radius 1 is 1.57 bits per heavy atom. The zero-order valence-electron chi connectivity index (χ0n) is 7.45. The number of ether oxygens (including phenoxy) is 1. The van der Waals surface area contributed by atoms with Crippen LogP contribution in [0.15, 0.2) is 0 Å². The number of fused-ring (bicyclic) bond motifs is 1. The summed E-state index contributed by atoms with van der Waals surface area (Å²) in [5.74, 6) is -1.31. The van der Waals surface area contributed by atoms with E-state index in [1.807, 2.05) is 0 Å². The molecule has 0 aromatic heterocycles. The highest BCUT2D eigenvalue weighted by molar-refractivity contribution is 5.83. The van der Waals surface area contributed by atoms with E-state index < -0.39 is 18.1 Å². The fourth-order valence-electron chi connectivity index (χ4n) is 2.05. The molecule has 2 heterocycles. The predicted octanol–water partition coefficient (Wildman–Crippen LogP) is -0.0387. The molecular weight excluding hydrogens is 196 g/mol. The van der Waals surface area contributed by atoms with E-state index in [1.54, 1.807) is 0 Å². The molecule has 14 heavy (non-hydrogen) atoms. The number of nitrogens with zero attached hydrogens (tertiary/aromatic N) is 1. The molecule has 0 saturated carbocycles. The first-order valence-electron chi connectivity index (χ1n) is 4.51. The Hall–Kier alpha value is -0.750. The molecule has 6 heteroatoms. The third kappa shape index (κ3) is 1.29. The van der Waals surface area contributed by atoms with Crippen molar-refractivity contribution >= 4 is 5.91 Å². The Morgan fingerprint density at radius 3 is 2.93 bits per heavy atom. The Balaban J connectivity index is 2.21. The molecular formula is C8H11F2NO3. The van der Waals surface area contributed by atoms with Gasteiger partial charge in [0.25, 0.3) is 0 Å². The molecule has 2 fully saturated rings. The molecule has 0 aliphatic carbocycles. The molecule has 2 aliphatic heterocycles. The lowest BCUT2D eigenvalue weighted by atomic mass is 10.2. The van der Waals surface area contributed by atoms with Crippen molar-refractivity contribution in [1.29, 1.82) is 0 Å². The van der Waals surface area contributed by atoms with E-state index in [4.69, 9.17) is 5.11 Å². The Labute approximate surface area is 79.4 Å². The maximum absolute atomic E-state index is 12.9. The summed E-state index contributed by atoms with van der Waals surface area (Å²) in [5, 5.41) is 8.91. The molecule has 0 aromatic carbocycles. The van der Waals surface area contributed by atoms with Gasteiger partial charge in [0.15, 0.2) is 0 Å². The minimum absolute atomic E-state index is 0.144. The SMILES string of the molecule is O=C1N2[C@H](CO)CC[C@H]2COC1(F)F. The Morgan fingerprint density at radius 2 is 2.29 bits per heavy atom. The summed E-state index contributed by atoms with van der Waals surface area (Å²) >= 11 is 0. The van der Waals surface area contributed by atoms with Crippen molar-refractivity contribution in [2.24, 2.45) is 0 Å². The molecule has 1 N–H and O–H groups in total. The van der Waals surface area contributed by atoms with Crippen LogP contribution in [0.3, 0.4) is 0 Å². The van der Waals surface area contributed by atoms with Crippen molar-refractivity contribution in [1.82, 2.24) is 4.90 Å². The highest BCUT2D eigenvalue weighted by Crippen LogP contribution is 2.34. The smallest absolute Gasteiger partial charge is 0.394 e. The molecule has 2 aliphatic rings. The molecule has 1 amide bonds. The van der Waals surface area contributed by atoms with Gasteiger partial charge in [-0.05, 0) is 12.8 Å². The molecule has 80 valence electrons. The monoisotopic (exact) mass is 207 g/mol. The molecule has 2 rings (SSSR count). The molecule has 2 saturated heterocycles. The van der Waals surface area contributed by atoms with Crippen LogP contribution in [0.25, 0.3) is 0 Å². The summed E-state index contributed by atoms with van der Waals surface area (Å²) in [6, 6.07) is -0.762. The zero-order valence-corrected chi connectivity index (χ0v) is 7.45. The van der Waals surface area contributed by atoms with E-state index in [9.17, 15) is 13.6 Å². The standard InChI is InChI=1S/C8H11F2NO3/c9-8(10)7(13)11-5(3-12)1-2-6(11)4-14-8/h5-6,12H,1-4H2/t5-,6-/m0/s1. The number of morpholine rings is 1. The first-order chi connectivity index (χ1) is 6.56. The van der Waals surface area contributed by atoms with E-state index >= 15 is 0 Å². The van der Waals surface area contributed by atoms with Crippen LogP contribution in [0.2, 0.25) is 0 Å². The zero-order chi connectivity index (χ0) is 10.3. The van der Waals surface area contributed by atoms with Crippen LogP contribution in [0.1, 0.15) is 12.8 Å². The number of halogens is 2. The molecule has 4 nitrogen and oxygen atoms in total. The fraction of sp³-hybridized carbons (Fsp3) is 0.875. The normalized spacial score (nSPS) is 35.9. The second-order valence-corrected chi connectivity index (χ2v) is 3.61. The number of aliphatic hydroxyl groups excluding tert-OH is 1. The van der Waals surface area contributed by atoms with Crippen molar-refractivity contribution in [3.8, 4) is 0 Å². The molecule has 0 spiro atoms. The largest absolute Gasteiger partial charge is 0.436 e. The lowest BCUT2D eigenvalue weighted by Crippen LogP contribution is -2.57. The summed E-state index contributed by atoms with van der Waals surface area (Å²) in [6.07, 6.45) is -2.53. The van der Waals surface area contributed by atoms with Gasteiger partial charge in [-0.1, -0.05) is 0 Å². The van der Waals surface area contributed by atoms with Gasteiger partial charge in [-0.2, -0.15) is 8.78 Å². The lowest BCUT2D eigenvalue weighted by molar-refractivity contribution is -0.263. The molecule has 2 atom stereocenters. The summed E-state index contributed by atoms with van der Waals surface area (Å²) in [7, 11) is 0. The first kappa shape index (κ1) is 9.79. The quantitative estimate of drug-likeness (QED) is 0.656. The van der Waals surface area contributed by atoms with Gasteiger partial charge in [-0.15, -0.1) is 0 Å². The number of amides is 1. The van der Waals surface area contributed by atoms with Crippen LogP contribution < -0.4 is 0 Å². The maximum atomic E-state index is 12.9. The number of aliphatic hydroxyl groups is 1. The van der Waals surface area contributed by atoms with Crippen molar-refractivity contribution in [2.45, 2.75) is 31.0 Å². The number of alkyl halides is 2. The second kappa shape index (κ2) is 3.13. The van der Waals surface area contributed by atoms with E-state index in [0.717, 1.165) is 4.90 Å². The van der Waals surface area contributed by atoms with E-state index in [1.165, 1.54) is 0 Å².